The van der Waals surface area contributed by atoms with Crippen LogP contribution in [0.4, 0.5) is 4.79 Å². The number of nitrogens with one attached hydrogen (secondary N) is 3. The maximum atomic E-state index is 14.6. The molecule has 2 aliphatic heterocycles. The number of aromatic nitrogens is 2. The van der Waals surface area contributed by atoms with Crippen molar-refractivity contribution in [3.63, 3.8) is 0 Å². The van der Waals surface area contributed by atoms with Gasteiger partial charge in [0.05, 0.1) is 11.6 Å². The van der Waals surface area contributed by atoms with Crippen LogP contribution in [0.15, 0.2) is 54.7 Å². The molecule has 4 aromatic rings. The molecule has 0 unspecified atom stereocenters. The van der Waals surface area contributed by atoms with E-state index in [2.05, 4.69) is 9.97 Å². The number of rotatable bonds is 1. The number of likely N-dealkylation sites (N-methyl/N-ethyl adjacent to an activating group) is 4. The Kier molecular flexibility index (Phi) is 4.18. The molecule has 1 aliphatic carbocycles. The van der Waals surface area contributed by atoms with Crippen LogP contribution in [0.3, 0.4) is 0 Å². The highest BCUT2D eigenvalue weighted by Crippen LogP contribution is 2.60. The van der Waals surface area contributed by atoms with E-state index in [0.29, 0.717) is 5.69 Å². The first-order valence-corrected chi connectivity index (χ1v) is 12.5. The summed E-state index contributed by atoms with van der Waals surface area (Å²) in [6.07, 6.45) is 2.07. The minimum absolute atomic E-state index is 0.0225. The summed E-state index contributed by atoms with van der Waals surface area (Å²) >= 11 is 0. The maximum absolute atomic E-state index is 14.6. The first kappa shape index (κ1) is 22.6. The van der Waals surface area contributed by atoms with Gasteiger partial charge < -0.3 is 19.8 Å². The van der Waals surface area contributed by atoms with Gasteiger partial charge in [-0.05, 0) is 23.3 Å². The molecule has 10 nitrogen and oxygen atoms in total. The first-order chi connectivity index (χ1) is 18.2. The fraction of sp³-hybridized carbons (Fsp3) is 0.286. The van der Waals surface area contributed by atoms with Gasteiger partial charge >= 0.3 is 6.03 Å². The van der Waals surface area contributed by atoms with Crippen LogP contribution < -0.4 is 0 Å². The normalized spacial score (nSPS) is 27.3. The molecule has 0 bridgehead atoms. The third-order valence-corrected chi connectivity index (χ3v) is 9.11. The van der Waals surface area contributed by atoms with E-state index >= 15 is 0 Å². The fourth-order valence-corrected chi connectivity index (χ4v) is 7.29. The lowest BCUT2D eigenvalue weighted by Crippen LogP contribution is -2.67. The topological polar surface area (TPSA) is 120 Å². The Labute approximate surface area is 218 Å². The van der Waals surface area contributed by atoms with Gasteiger partial charge in [-0.25, -0.2) is 4.79 Å². The van der Waals surface area contributed by atoms with Gasteiger partial charge in [-0.3, -0.25) is 24.8 Å². The standard InChI is InChI=1S/C28H27N7O3/c1-32-24(37)28(34(3)25(32)29)21(18-14-30-19-11-7-5-10-16(18)19)27(23(36)33(2)26(38)35(27)4)13-17-15-9-6-8-12-20(15)31-22(17)28/h5-12,14,21,29-31H,13H2,1-4H3/t21-,27-,28+/m0/s1. The zero-order valence-corrected chi connectivity index (χ0v) is 21.5. The van der Waals surface area contributed by atoms with Gasteiger partial charge in [-0.2, -0.15) is 0 Å². The van der Waals surface area contributed by atoms with Gasteiger partial charge in [0.25, 0.3) is 11.8 Å². The number of urea groups is 1. The maximum Gasteiger partial charge on any atom is 0.327 e. The van der Waals surface area contributed by atoms with Crippen LogP contribution in [0.2, 0.25) is 0 Å². The van der Waals surface area contributed by atoms with E-state index in [1.165, 1.54) is 16.8 Å². The molecular formula is C28H27N7O3. The number of nitrogens with zero attached hydrogens (tertiary/aromatic N) is 4. The largest absolute Gasteiger partial charge is 0.361 e. The monoisotopic (exact) mass is 509 g/mol. The molecule has 2 fully saturated rings. The number of hydrogen-bond acceptors (Lipinski definition) is 4. The molecule has 7 rings (SSSR count). The molecule has 2 aromatic carbocycles. The second-order valence-electron chi connectivity index (χ2n) is 10.6. The molecule has 3 N–H and O–H groups in total. The Hall–Kier alpha value is -4.60. The van der Waals surface area contributed by atoms with Crippen LogP contribution in [0.5, 0.6) is 0 Å². The van der Waals surface area contributed by atoms with Crippen LogP contribution in [0.25, 0.3) is 21.8 Å². The minimum atomic E-state index is -1.49. The highest BCUT2D eigenvalue weighted by atomic mass is 16.2. The lowest BCUT2D eigenvalue weighted by atomic mass is 9.58. The summed E-state index contributed by atoms with van der Waals surface area (Å²) in [6.45, 7) is 0. The molecule has 0 saturated carbocycles. The first-order valence-electron chi connectivity index (χ1n) is 12.5. The molecule has 2 aromatic heterocycles. The lowest BCUT2D eigenvalue weighted by Gasteiger charge is -2.53. The van der Waals surface area contributed by atoms with Crippen molar-refractivity contribution in [3.05, 3.63) is 71.5 Å². The van der Waals surface area contributed by atoms with E-state index in [9.17, 15) is 14.4 Å². The van der Waals surface area contributed by atoms with Gasteiger partial charge in [0.1, 0.15) is 5.54 Å². The van der Waals surface area contributed by atoms with Crippen molar-refractivity contribution < 1.29 is 14.4 Å². The molecule has 3 atom stereocenters. The second kappa shape index (κ2) is 7.03. The number of imide groups is 1. The molecule has 10 heteroatoms. The zero-order chi connectivity index (χ0) is 26.7. The van der Waals surface area contributed by atoms with Gasteiger partial charge in [0.15, 0.2) is 5.54 Å². The Morgan fingerprint density at radius 2 is 1.50 bits per heavy atom. The van der Waals surface area contributed by atoms with Crippen molar-refractivity contribution in [2.45, 2.75) is 23.4 Å². The summed E-state index contributed by atoms with van der Waals surface area (Å²) in [5, 5.41) is 10.6. The van der Waals surface area contributed by atoms with Gasteiger partial charge in [0.2, 0.25) is 5.96 Å². The van der Waals surface area contributed by atoms with E-state index in [0.717, 1.165) is 37.8 Å². The number of carbonyl (C=O) groups excluding carboxylic acids is 3. The number of para-hydroxylation sites is 2. The zero-order valence-electron chi connectivity index (χ0n) is 21.5. The van der Waals surface area contributed by atoms with Crippen molar-refractivity contribution in [1.82, 2.24) is 29.6 Å². The number of carbonyl (C=O) groups is 3. The molecule has 38 heavy (non-hydrogen) atoms. The van der Waals surface area contributed by atoms with E-state index < -0.39 is 23.0 Å². The highest BCUT2D eigenvalue weighted by Gasteiger charge is 2.74. The van der Waals surface area contributed by atoms with E-state index in [4.69, 9.17) is 5.41 Å². The van der Waals surface area contributed by atoms with Gasteiger partial charge in [-0.1, -0.05) is 36.4 Å². The molecular weight excluding hydrogens is 482 g/mol. The fourth-order valence-electron chi connectivity index (χ4n) is 7.29. The quantitative estimate of drug-likeness (QED) is 0.342. The Bertz CT molecular complexity index is 1740. The van der Waals surface area contributed by atoms with Crippen LogP contribution in [0.1, 0.15) is 22.7 Å². The Morgan fingerprint density at radius 1 is 0.842 bits per heavy atom. The summed E-state index contributed by atoms with van der Waals surface area (Å²) < 4.78 is 0. The predicted molar refractivity (Wildman–Crippen MR) is 142 cm³/mol. The summed E-state index contributed by atoms with van der Waals surface area (Å²) in [6, 6.07) is 15.1. The second-order valence-corrected chi connectivity index (χ2v) is 10.6. The minimum Gasteiger partial charge on any atom is -0.361 e. The van der Waals surface area contributed by atoms with Crippen LogP contribution in [-0.4, -0.2) is 87.1 Å². The number of benzene rings is 2. The smallest absolute Gasteiger partial charge is 0.327 e. The molecule has 2 saturated heterocycles. The predicted octanol–water partition coefficient (Wildman–Crippen LogP) is 2.79. The molecule has 4 amide bonds. The summed E-state index contributed by atoms with van der Waals surface area (Å²) in [7, 11) is 6.45. The number of fused-ring (bicyclic) bond motifs is 5. The number of amides is 4. The van der Waals surface area contributed by atoms with Gasteiger partial charge in [0, 0.05) is 62.6 Å². The molecule has 192 valence electrons. The SMILES string of the molecule is CN1C(=N)N(C)[C@@]2(C1=O)c1[nH]c3ccccc3c1C[C@@]1(C(=O)N(C)C(=O)N1C)[C@@H]2c1c[nH]c2ccccc12. The van der Waals surface area contributed by atoms with E-state index in [1.807, 2.05) is 54.7 Å². The van der Waals surface area contributed by atoms with Crippen molar-refractivity contribution in [3.8, 4) is 0 Å². The van der Waals surface area contributed by atoms with Crippen LogP contribution >= 0.6 is 0 Å². The number of guanidine groups is 1. The Balaban J connectivity index is 1.69. The number of H-pyrrole nitrogens is 2. The molecule has 3 aliphatic rings. The molecule has 4 heterocycles. The number of aromatic amines is 2. The third kappa shape index (κ3) is 2.26. The van der Waals surface area contributed by atoms with E-state index in [-0.39, 0.29) is 24.2 Å². The summed E-state index contributed by atoms with van der Waals surface area (Å²) in [5.41, 5.74) is 1.01. The van der Waals surface area contributed by atoms with Crippen molar-refractivity contribution in [1.29, 1.82) is 5.41 Å². The molecule has 2 spiro atoms. The van der Waals surface area contributed by atoms with Gasteiger partial charge in [-0.15, -0.1) is 0 Å². The number of hydrogen-bond donors (Lipinski definition) is 3. The highest BCUT2D eigenvalue weighted by molar-refractivity contribution is 6.14. The third-order valence-electron chi connectivity index (χ3n) is 9.11. The average Bonchev–Trinajstić information content (AvgIpc) is 3.61. The summed E-state index contributed by atoms with van der Waals surface area (Å²) in [4.78, 5) is 54.9. The molecule has 0 radical (unpaired) electrons. The van der Waals surface area contributed by atoms with Crippen LogP contribution in [-0.2, 0) is 21.5 Å². The van der Waals surface area contributed by atoms with Crippen molar-refractivity contribution in [2.24, 2.45) is 0 Å². The van der Waals surface area contributed by atoms with Crippen molar-refractivity contribution >= 4 is 45.6 Å². The lowest BCUT2D eigenvalue weighted by molar-refractivity contribution is -0.142. The van der Waals surface area contributed by atoms with Crippen molar-refractivity contribution in [2.75, 3.05) is 28.2 Å². The Morgan fingerprint density at radius 3 is 2.13 bits per heavy atom. The van der Waals surface area contributed by atoms with Crippen LogP contribution in [0, 0.1) is 5.41 Å². The van der Waals surface area contributed by atoms with E-state index in [1.54, 1.807) is 26.0 Å². The average molecular weight is 510 g/mol. The summed E-state index contributed by atoms with van der Waals surface area (Å²) in [5.74, 6) is -1.50.